The van der Waals surface area contributed by atoms with E-state index in [0.29, 0.717) is 6.42 Å². The number of hydrogen-bond donors (Lipinski definition) is 1. The van der Waals surface area contributed by atoms with Crippen molar-refractivity contribution in [2.75, 3.05) is 0 Å². The first-order valence-electron chi connectivity index (χ1n) is 7.75. The van der Waals surface area contributed by atoms with Crippen molar-refractivity contribution in [1.29, 1.82) is 0 Å². The second kappa shape index (κ2) is 5.01. The first kappa shape index (κ1) is 15.3. The number of carboxylic acid groups (broad SMARTS) is 1. The van der Waals surface area contributed by atoms with E-state index in [1.165, 1.54) is 0 Å². The Balaban J connectivity index is 2.31. The number of hydrogen-bond acceptors (Lipinski definition) is 2. The van der Waals surface area contributed by atoms with E-state index in [1.54, 1.807) is 6.08 Å². The normalized spacial score (nSPS) is 34.7. The molecule has 2 fully saturated rings. The van der Waals surface area contributed by atoms with Crippen molar-refractivity contribution in [2.45, 2.75) is 59.8 Å². The third-order valence-electron chi connectivity index (χ3n) is 5.93. The minimum absolute atomic E-state index is 0.0380. The van der Waals surface area contributed by atoms with Crippen molar-refractivity contribution < 1.29 is 14.7 Å². The fourth-order valence-corrected chi connectivity index (χ4v) is 4.04. The van der Waals surface area contributed by atoms with Gasteiger partial charge in [-0.05, 0) is 36.2 Å². The van der Waals surface area contributed by atoms with Crippen LogP contribution in [-0.2, 0) is 9.59 Å². The molecule has 3 heteroatoms. The lowest BCUT2D eigenvalue weighted by Crippen LogP contribution is -2.32. The first-order valence-corrected chi connectivity index (χ1v) is 7.75. The molecule has 3 nitrogen and oxygen atoms in total. The fraction of sp³-hybridized carbons (Fsp3) is 0.765. The zero-order valence-corrected chi connectivity index (χ0v) is 13.0. The van der Waals surface area contributed by atoms with Crippen LogP contribution >= 0.6 is 0 Å². The van der Waals surface area contributed by atoms with E-state index in [4.69, 9.17) is 0 Å². The van der Waals surface area contributed by atoms with Crippen LogP contribution in [-0.4, -0.2) is 16.9 Å². The Morgan fingerprint density at radius 1 is 1.45 bits per heavy atom. The van der Waals surface area contributed by atoms with E-state index < -0.39 is 11.9 Å². The average Bonchev–Trinajstić information content (AvgIpc) is 2.67. The molecular weight excluding hydrogens is 252 g/mol. The van der Waals surface area contributed by atoms with E-state index >= 15 is 0 Å². The van der Waals surface area contributed by atoms with Gasteiger partial charge in [-0.15, -0.1) is 0 Å². The van der Waals surface area contributed by atoms with Gasteiger partial charge in [-0.1, -0.05) is 46.6 Å². The van der Waals surface area contributed by atoms with Crippen LogP contribution in [0.3, 0.4) is 0 Å². The van der Waals surface area contributed by atoms with Gasteiger partial charge in [0, 0.05) is 5.41 Å². The topological polar surface area (TPSA) is 54.4 Å². The number of carbonyl (C=O) groups excluding carboxylic acids is 1. The summed E-state index contributed by atoms with van der Waals surface area (Å²) in [4.78, 5) is 24.1. The van der Waals surface area contributed by atoms with Crippen molar-refractivity contribution in [3.63, 3.8) is 0 Å². The Morgan fingerprint density at radius 3 is 2.55 bits per heavy atom. The van der Waals surface area contributed by atoms with Gasteiger partial charge in [0.2, 0.25) is 0 Å². The van der Waals surface area contributed by atoms with Crippen LogP contribution in [0.1, 0.15) is 59.8 Å². The highest BCUT2D eigenvalue weighted by atomic mass is 16.4. The highest BCUT2D eigenvalue weighted by Crippen LogP contribution is 2.65. The van der Waals surface area contributed by atoms with Crippen LogP contribution < -0.4 is 0 Å². The molecule has 2 saturated carbocycles. The molecule has 1 N–H and O–H groups in total. The molecule has 0 heterocycles. The minimum atomic E-state index is -0.801. The maximum atomic E-state index is 12.7. The molecule has 0 aromatic rings. The molecule has 0 aromatic heterocycles. The number of aliphatic carboxylic acids is 1. The predicted octanol–water partition coefficient (Wildman–Crippen LogP) is 3.83. The van der Waals surface area contributed by atoms with Gasteiger partial charge >= 0.3 is 5.97 Å². The van der Waals surface area contributed by atoms with E-state index in [1.807, 2.05) is 0 Å². The van der Waals surface area contributed by atoms with Crippen molar-refractivity contribution in [3.05, 3.63) is 11.6 Å². The SMILES string of the molecule is CCCC[C@H](/C=C1/C(=O)[C@@]2(C)CC[C@@H]1C2(C)C)C(=O)O. The molecule has 2 bridgehead atoms. The lowest BCUT2D eigenvalue weighted by molar-refractivity contribution is -0.140. The number of fused-ring (bicyclic) bond motifs is 2. The number of carboxylic acids is 1. The number of unbranched alkanes of at least 4 members (excludes halogenated alkanes) is 1. The number of Topliss-reactive ketones (excluding diaryl/α,β-unsaturated/α-hetero) is 1. The number of carbonyl (C=O) groups is 2. The van der Waals surface area contributed by atoms with Gasteiger partial charge in [0.15, 0.2) is 5.78 Å². The van der Waals surface area contributed by atoms with Gasteiger partial charge in [-0.3, -0.25) is 9.59 Å². The van der Waals surface area contributed by atoms with Crippen LogP contribution in [0.15, 0.2) is 11.6 Å². The lowest BCUT2D eigenvalue weighted by Gasteiger charge is -2.31. The predicted molar refractivity (Wildman–Crippen MR) is 78.4 cm³/mol. The number of rotatable bonds is 5. The molecule has 112 valence electrons. The van der Waals surface area contributed by atoms with Gasteiger partial charge in [-0.2, -0.15) is 0 Å². The molecule has 0 saturated heterocycles. The summed E-state index contributed by atoms with van der Waals surface area (Å²) in [6, 6.07) is 0. The Morgan fingerprint density at radius 2 is 2.10 bits per heavy atom. The molecule has 0 unspecified atom stereocenters. The third kappa shape index (κ3) is 2.02. The lowest BCUT2D eigenvalue weighted by atomic mass is 9.70. The Bertz CT molecular complexity index is 461. The Hall–Kier alpha value is -1.12. The third-order valence-corrected chi connectivity index (χ3v) is 5.93. The molecule has 20 heavy (non-hydrogen) atoms. The molecule has 2 aliphatic carbocycles. The second-order valence-corrected chi connectivity index (χ2v) is 7.18. The highest BCUT2D eigenvalue weighted by Gasteiger charge is 2.63. The van der Waals surface area contributed by atoms with E-state index in [-0.39, 0.29) is 22.5 Å². The maximum absolute atomic E-state index is 12.7. The molecule has 0 radical (unpaired) electrons. The van der Waals surface area contributed by atoms with Crippen LogP contribution in [0.4, 0.5) is 0 Å². The Labute approximate surface area is 121 Å². The second-order valence-electron chi connectivity index (χ2n) is 7.18. The van der Waals surface area contributed by atoms with E-state index in [0.717, 1.165) is 31.3 Å². The molecule has 3 atom stereocenters. The molecule has 0 amide bonds. The minimum Gasteiger partial charge on any atom is -0.481 e. The number of ketones is 1. The van der Waals surface area contributed by atoms with E-state index in [2.05, 4.69) is 27.7 Å². The van der Waals surface area contributed by atoms with Crippen LogP contribution in [0.25, 0.3) is 0 Å². The summed E-state index contributed by atoms with van der Waals surface area (Å²) in [5, 5.41) is 9.36. The van der Waals surface area contributed by atoms with Gasteiger partial charge in [-0.25, -0.2) is 0 Å². The molecular formula is C17H26O3. The summed E-state index contributed by atoms with van der Waals surface area (Å²) in [6.07, 6.45) is 6.23. The largest absolute Gasteiger partial charge is 0.481 e. The van der Waals surface area contributed by atoms with Crippen molar-refractivity contribution in [3.8, 4) is 0 Å². The van der Waals surface area contributed by atoms with Crippen LogP contribution in [0, 0.1) is 22.7 Å². The monoisotopic (exact) mass is 278 g/mol. The summed E-state index contributed by atoms with van der Waals surface area (Å²) in [7, 11) is 0. The Kier molecular flexibility index (Phi) is 3.83. The number of allylic oxidation sites excluding steroid dienone is 1. The van der Waals surface area contributed by atoms with Crippen molar-refractivity contribution >= 4 is 11.8 Å². The molecule has 0 spiro atoms. The van der Waals surface area contributed by atoms with Gasteiger partial charge in [0.1, 0.15) is 0 Å². The van der Waals surface area contributed by atoms with Crippen LogP contribution in [0.5, 0.6) is 0 Å². The standard InChI is InChI=1S/C17H26O3/c1-5-6-7-11(15(19)20)10-12-13-8-9-17(4,14(12)18)16(13,2)3/h10-11,13H,5-9H2,1-4H3,(H,19,20)/b12-10+/t11-,13+,17-/m1/s1. The summed E-state index contributed by atoms with van der Waals surface area (Å²) in [5.41, 5.74) is 0.466. The summed E-state index contributed by atoms with van der Waals surface area (Å²) < 4.78 is 0. The first-order chi connectivity index (χ1) is 9.25. The molecule has 0 aliphatic heterocycles. The zero-order chi connectivity index (χ0) is 15.1. The summed E-state index contributed by atoms with van der Waals surface area (Å²) >= 11 is 0. The van der Waals surface area contributed by atoms with Gasteiger partial charge in [0.05, 0.1) is 5.92 Å². The molecule has 0 aromatic carbocycles. The molecule has 2 rings (SSSR count). The summed E-state index contributed by atoms with van der Waals surface area (Å²) in [5.74, 6) is -0.873. The average molecular weight is 278 g/mol. The zero-order valence-electron chi connectivity index (χ0n) is 13.0. The van der Waals surface area contributed by atoms with Gasteiger partial charge < -0.3 is 5.11 Å². The highest BCUT2D eigenvalue weighted by molar-refractivity contribution is 6.05. The van der Waals surface area contributed by atoms with Gasteiger partial charge in [0.25, 0.3) is 0 Å². The maximum Gasteiger partial charge on any atom is 0.310 e. The fourth-order valence-electron chi connectivity index (χ4n) is 4.04. The van der Waals surface area contributed by atoms with E-state index in [9.17, 15) is 14.7 Å². The van der Waals surface area contributed by atoms with Crippen LogP contribution in [0.2, 0.25) is 0 Å². The smallest absolute Gasteiger partial charge is 0.310 e. The summed E-state index contributed by atoms with van der Waals surface area (Å²) in [6.45, 7) is 8.42. The quantitative estimate of drug-likeness (QED) is 0.778. The van der Waals surface area contributed by atoms with Crippen molar-refractivity contribution in [2.24, 2.45) is 22.7 Å². The van der Waals surface area contributed by atoms with Crippen molar-refractivity contribution in [1.82, 2.24) is 0 Å². The molecule has 2 aliphatic rings.